The van der Waals surface area contributed by atoms with Gasteiger partial charge in [0.2, 0.25) is 5.95 Å². The first-order valence-corrected chi connectivity index (χ1v) is 4.36. The van der Waals surface area contributed by atoms with Crippen LogP contribution in [0.4, 0.5) is 19.1 Å². The third-order valence-corrected chi connectivity index (χ3v) is 2.00. The first kappa shape index (κ1) is 10.5. The Bertz CT molecular complexity index is 523. The fraction of sp³-hybridized carbons (Fsp3) is 0.111. The smallest absolute Gasteiger partial charge is 0.239 e. The van der Waals surface area contributed by atoms with Gasteiger partial charge in [-0.2, -0.15) is 4.98 Å². The highest BCUT2D eigenvalue weighted by Crippen LogP contribution is 2.16. The van der Waals surface area contributed by atoms with Crippen LogP contribution in [0.1, 0.15) is 11.4 Å². The fourth-order valence-electron chi connectivity index (χ4n) is 1.27. The van der Waals surface area contributed by atoms with Gasteiger partial charge >= 0.3 is 0 Å². The van der Waals surface area contributed by atoms with Gasteiger partial charge in [0.25, 0.3) is 0 Å². The Kier molecular flexibility index (Phi) is 2.51. The van der Waals surface area contributed by atoms with E-state index in [9.17, 15) is 13.2 Å². The number of hydrogen-bond donors (Lipinski definition) is 2. The van der Waals surface area contributed by atoms with Crippen molar-refractivity contribution in [2.45, 2.75) is 6.42 Å². The molecule has 1 heterocycles. The standard InChI is InChI=1S/C9H7F3N4/c10-5-3-7(12)6(11)1-4(5)2-8-14-9(13)16-15-8/h1,3H,2H2,(H3,13,14,15,16). The molecule has 0 aliphatic heterocycles. The highest BCUT2D eigenvalue weighted by Gasteiger charge is 2.11. The molecule has 3 N–H and O–H groups in total. The average Bonchev–Trinajstić information content (AvgIpc) is 2.60. The third-order valence-electron chi connectivity index (χ3n) is 2.00. The molecule has 0 amide bonds. The molecular formula is C9H7F3N4. The normalized spacial score (nSPS) is 10.7. The van der Waals surface area contributed by atoms with Gasteiger partial charge in [0.05, 0.1) is 0 Å². The van der Waals surface area contributed by atoms with E-state index in [0.717, 1.165) is 6.07 Å². The average molecular weight is 228 g/mol. The van der Waals surface area contributed by atoms with E-state index in [1.54, 1.807) is 0 Å². The molecule has 0 radical (unpaired) electrons. The molecule has 0 aliphatic carbocycles. The monoisotopic (exact) mass is 228 g/mol. The van der Waals surface area contributed by atoms with Gasteiger partial charge < -0.3 is 5.73 Å². The lowest BCUT2D eigenvalue weighted by atomic mass is 10.1. The summed E-state index contributed by atoms with van der Waals surface area (Å²) in [5.41, 5.74) is 5.22. The fourth-order valence-corrected chi connectivity index (χ4v) is 1.27. The van der Waals surface area contributed by atoms with Gasteiger partial charge in [0.1, 0.15) is 11.6 Å². The molecule has 0 unspecified atom stereocenters. The Balaban J connectivity index is 2.31. The topological polar surface area (TPSA) is 67.6 Å². The number of aromatic amines is 1. The maximum absolute atomic E-state index is 13.2. The Morgan fingerprint density at radius 2 is 1.81 bits per heavy atom. The number of nitrogens with two attached hydrogens (primary N) is 1. The van der Waals surface area contributed by atoms with Crippen molar-refractivity contribution in [2.75, 3.05) is 5.73 Å². The van der Waals surface area contributed by atoms with Crippen LogP contribution in [0.15, 0.2) is 12.1 Å². The number of aromatic nitrogens is 3. The number of nitrogen functional groups attached to an aromatic ring is 1. The van der Waals surface area contributed by atoms with Crippen LogP contribution in [0, 0.1) is 17.5 Å². The quantitative estimate of drug-likeness (QED) is 0.763. The second-order valence-corrected chi connectivity index (χ2v) is 3.17. The van der Waals surface area contributed by atoms with Crippen LogP contribution in [0.3, 0.4) is 0 Å². The molecule has 0 aliphatic rings. The van der Waals surface area contributed by atoms with Crippen LogP contribution in [0.25, 0.3) is 0 Å². The van der Waals surface area contributed by atoms with E-state index in [4.69, 9.17) is 5.73 Å². The van der Waals surface area contributed by atoms with Crippen LogP contribution in [-0.2, 0) is 6.42 Å². The van der Waals surface area contributed by atoms with Crippen molar-refractivity contribution in [1.82, 2.24) is 15.2 Å². The molecule has 1 aromatic heterocycles. The number of anilines is 1. The summed E-state index contributed by atoms with van der Waals surface area (Å²) in [5, 5.41) is 5.98. The van der Waals surface area contributed by atoms with E-state index >= 15 is 0 Å². The summed E-state index contributed by atoms with van der Waals surface area (Å²) < 4.78 is 38.7. The summed E-state index contributed by atoms with van der Waals surface area (Å²) in [7, 11) is 0. The van der Waals surface area contributed by atoms with Crippen molar-refractivity contribution < 1.29 is 13.2 Å². The predicted octanol–water partition coefficient (Wildman–Crippen LogP) is 1.39. The van der Waals surface area contributed by atoms with E-state index in [-0.39, 0.29) is 23.8 Å². The molecular weight excluding hydrogens is 221 g/mol. The minimum atomic E-state index is -1.22. The number of halogens is 3. The second-order valence-electron chi connectivity index (χ2n) is 3.17. The van der Waals surface area contributed by atoms with Crippen molar-refractivity contribution >= 4 is 5.95 Å². The zero-order chi connectivity index (χ0) is 11.7. The summed E-state index contributed by atoms with van der Waals surface area (Å²) in [6.45, 7) is 0. The third kappa shape index (κ3) is 1.97. The van der Waals surface area contributed by atoms with Gasteiger partial charge in [0, 0.05) is 12.5 Å². The molecule has 0 fully saturated rings. The van der Waals surface area contributed by atoms with Gasteiger partial charge in [-0.25, -0.2) is 13.2 Å². The Morgan fingerprint density at radius 3 is 2.44 bits per heavy atom. The largest absolute Gasteiger partial charge is 0.367 e. The molecule has 0 atom stereocenters. The summed E-state index contributed by atoms with van der Waals surface area (Å²) in [4.78, 5) is 3.73. The van der Waals surface area contributed by atoms with Gasteiger partial charge in [0.15, 0.2) is 11.6 Å². The lowest BCUT2D eigenvalue weighted by Gasteiger charge is -2.01. The minimum Gasteiger partial charge on any atom is -0.367 e. The van der Waals surface area contributed by atoms with E-state index in [0.29, 0.717) is 6.07 Å². The van der Waals surface area contributed by atoms with Crippen molar-refractivity contribution in [3.05, 3.63) is 41.0 Å². The minimum absolute atomic E-state index is 0.0120. The van der Waals surface area contributed by atoms with Crippen LogP contribution >= 0.6 is 0 Å². The zero-order valence-electron chi connectivity index (χ0n) is 7.97. The lowest BCUT2D eigenvalue weighted by Crippen LogP contribution is -1.98. The summed E-state index contributed by atoms with van der Waals surface area (Å²) in [5.74, 6) is -2.88. The highest BCUT2D eigenvalue weighted by molar-refractivity contribution is 5.24. The van der Waals surface area contributed by atoms with E-state index in [1.807, 2.05) is 0 Å². The van der Waals surface area contributed by atoms with Crippen LogP contribution in [0.5, 0.6) is 0 Å². The Hall–Kier alpha value is -2.05. The van der Waals surface area contributed by atoms with Crippen LogP contribution in [0.2, 0.25) is 0 Å². The van der Waals surface area contributed by atoms with E-state index in [2.05, 4.69) is 15.2 Å². The molecule has 0 saturated heterocycles. The molecule has 2 rings (SSSR count). The molecule has 7 heteroatoms. The molecule has 16 heavy (non-hydrogen) atoms. The number of rotatable bonds is 2. The van der Waals surface area contributed by atoms with Gasteiger partial charge in [-0.15, -0.1) is 5.10 Å². The van der Waals surface area contributed by atoms with Crippen molar-refractivity contribution in [2.24, 2.45) is 0 Å². The first-order valence-electron chi connectivity index (χ1n) is 4.36. The first-order chi connectivity index (χ1) is 7.56. The second kappa shape index (κ2) is 3.84. The number of nitrogens with one attached hydrogen (secondary N) is 1. The summed E-state index contributed by atoms with van der Waals surface area (Å²) in [6, 6.07) is 1.27. The maximum Gasteiger partial charge on any atom is 0.239 e. The van der Waals surface area contributed by atoms with E-state index in [1.165, 1.54) is 0 Å². The number of hydrogen-bond acceptors (Lipinski definition) is 3. The maximum atomic E-state index is 13.2. The van der Waals surface area contributed by atoms with Gasteiger partial charge in [-0.3, -0.25) is 5.10 Å². The van der Waals surface area contributed by atoms with Gasteiger partial charge in [-0.1, -0.05) is 0 Å². The number of H-pyrrole nitrogens is 1. The molecule has 2 aromatic rings. The van der Waals surface area contributed by atoms with Crippen molar-refractivity contribution in [3.8, 4) is 0 Å². The number of benzene rings is 1. The van der Waals surface area contributed by atoms with Gasteiger partial charge in [-0.05, 0) is 11.6 Å². The highest BCUT2D eigenvalue weighted by atomic mass is 19.2. The Morgan fingerprint density at radius 1 is 1.12 bits per heavy atom. The predicted molar refractivity (Wildman–Crippen MR) is 49.9 cm³/mol. The molecule has 4 nitrogen and oxygen atoms in total. The van der Waals surface area contributed by atoms with E-state index < -0.39 is 17.5 Å². The molecule has 84 valence electrons. The zero-order valence-corrected chi connectivity index (χ0v) is 7.97. The lowest BCUT2D eigenvalue weighted by molar-refractivity contribution is 0.490. The molecule has 0 bridgehead atoms. The van der Waals surface area contributed by atoms with Crippen molar-refractivity contribution in [3.63, 3.8) is 0 Å². The molecule has 0 saturated carbocycles. The van der Waals surface area contributed by atoms with Crippen LogP contribution < -0.4 is 5.73 Å². The molecule has 1 aromatic carbocycles. The number of nitrogens with zero attached hydrogens (tertiary/aromatic N) is 2. The SMILES string of the molecule is Nc1n[nH]c(Cc2cc(F)c(F)cc2F)n1. The van der Waals surface area contributed by atoms with Crippen molar-refractivity contribution in [1.29, 1.82) is 0 Å². The van der Waals surface area contributed by atoms with Crippen LogP contribution in [-0.4, -0.2) is 15.2 Å². The Labute approximate surface area is 88.3 Å². The summed E-state index contributed by atoms with van der Waals surface area (Å²) in [6.07, 6.45) is -0.0345. The summed E-state index contributed by atoms with van der Waals surface area (Å²) >= 11 is 0. The molecule has 0 spiro atoms.